The van der Waals surface area contributed by atoms with E-state index < -0.39 is 0 Å². The quantitative estimate of drug-likeness (QED) is 0.707. The zero-order valence-electron chi connectivity index (χ0n) is 13.3. The van der Waals surface area contributed by atoms with E-state index in [0.29, 0.717) is 5.39 Å². The smallest absolute Gasteiger partial charge is 0.197 e. The third-order valence-electron chi connectivity index (χ3n) is 3.85. The van der Waals surface area contributed by atoms with Crippen LogP contribution in [0.15, 0.2) is 41.2 Å². The largest absolute Gasteiger partial charge is 0.392 e. The number of anilines is 1. The Bertz CT molecular complexity index is 903. The minimum atomic E-state index is -0.0667. The van der Waals surface area contributed by atoms with Crippen molar-refractivity contribution in [2.24, 2.45) is 0 Å². The molecule has 3 rings (SSSR count). The maximum atomic E-state index is 12.9. The summed E-state index contributed by atoms with van der Waals surface area (Å²) in [6.45, 7) is 1.58. The van der Waals surface area contributed by atoms with Gasteiger partial charge in [0.15, 0.2) is 5.43 Å². The lowest BCUT2D eigenvalue weighted by molar-refractivity contribution is 0.283. The number of likely N-dealkylation sites (N-methyl/N-ethyl adjacent to an activating group) is 1. The molecule has 0 aliphatic carbocycles. The Morgan fingerprint density at radius 3 is 2.70 bits per heavy atom. The lowest BCUT2D eigenvalue weighted by atomic mass is 10.1. The summed E-state index contributed by atoms with van der Waals surface area (Å²) in [6.07, 6.45) is 0. The predicted octanol–water partition coefficient (Wildman–Crippen LogP) is 2.88. The summed E-state index contributed by atoms with van der Waals surface area (Å²) >= 11 is 1.56. The summed E-state index contributed by atoms with van der Waals surface area (Å²) in [4.78, 5) is 15.0. The van der Waals surface area contributed by atoms with Gasteiger partial charge in [0.05, 0.1) is 12.0 Å². The Hall–Kier alpha value is -1.95. The van der Waals surface area contributed by atoms with Crippen LogP contribution in [0.3, 0.4) is 0 Å². The monoisotopic (exact) mass is 328 g/mol. The van der Waals surface area contributed by atoms with E-state index >= 15 is 0 Å². The molecule has 2 aromatic carbocycles. The van der Waals surface area contributed by atoms with Crippen molar-refractivity contribution < 1.29 is 5.11 Å². The van der Waals surface area contributed by atoms with Gasteiger partial charge in [-0.2, -0.15) is 0 Å². The second kappa shape index (κ2) is 6.66. The number of hydrogen-bond acceptors (Lipinski definition) is 5. The van der Waals surface area contributed by atoms with Crippen molar-refractivity contribution in [1.82, 2.24) is 4.90 Å². The summed E-state index contributed by atoms with van der Waals surface area (Å²) in [5.74, 6) is 0. The lowest BCUT2D eigenvalue weighted by Crippen LogP contribution is -2.21. The van der Waals surface area contributed by atoms with E-state index in [4.69, 9.17) is 0 Å². The zero-order valence-corrected chi connectivity index (χ0v) is 14.1. The first-order chi connectivity index (χ1) is 11.1. The fourth-order valence-electron chi connectivity index (χ4n) is 2.64. The molecular weight excluding hydrogens is 308 g/mol. The molecule has 5 heteroatoms. The molecule has 1 aromatic heterocycles. The number of benzene rings is 2. The van der Waals surface area contributed by atoms with E-state index in [9.17, 15) is 9.90 Å². The van der Waals surface area contributed by atoms with Crippen molar-refractivity contribution in [3.63, 3.8) is 0 Å². The molecule has 120 valence electrons. The molecule has 0 fully saturated rings. The number of fused-ring (bicyclic) bond motifs is 2. The molecule has 0 amide bonds. The van der Waals surface area contributed by atoms with Gasteiger partial charge < -0.3 is 15.3 Å². The van der Waals surface area contributed by atoms with E-state index in [0.717, 1.165) is 39.1 Å². The third-order valence-corrected chi connectivity index (χ3v) is 5.10. The van der Waals surface area contributed by atoms with Crippen molar-refractivity contribution in [2.45, 2.75) is 6.61 Å². The first-order valence-electron chi connectivity index (χ1n) is 7.58. The summed E-state index contributed by atoms with van der Waals surface area (Å²) < 4.78 is 1.82. The van der Waals surface area contributed by atoms with E-state index in [-0.39, 0.29) is 12.0 Å². The highest BCUT2D eigenvalue weighted by Gasteiger charge is 2.13. The molecule has 2 N–H and O–H groups in total. The van der Waals surface area contributed by atoms with Gasteiger partial charge in [-0.15, -0.1) is 11.3 Å². The first-order valence-corrected chi connectivity index (χ1v) is 8.40. The standard InChI is InChI=1S/C18H20N2O2S/c1-20(2)10-9-19-14-8-7-12(11-21)18-16(14)17(22)13-5-3-4-6-15(13)23-18/h3-8,19,21H,9-11H2,1-2H3. The summed E-state index contributed by atoms with van der Waals surface area (Å²) in [6, 6.07) is 11.4. The number of hydrogen-bond donors (Lipinski definition) is 2. The molecule has 0 radical (unpaired) electrons. The fraction of sp³-hybridized carbons (Fsp3) is 0.278. The van der Waals surface area contributed by atoms with Crippen LogP contribution in [0.25, 0.3) is 20.2 Å². The van der Waals surface area contributed by atoms with Gasteiger partial charge in [0.25, 0.3) is 0 Å². The van der Waals surface area contributed by atoms with Gasteiger partial charge in [0, 0.05) is 33.6 Å². The SMILES string of the molecule is CN(C)CCNc1ccc(CO)c2sc3ccccc3c(=O)c12. The van der Waals surface area contributed by atoms with Gasteiger partial charge in [-0.25, -0.2) is 0 Å². The molecule has 0 bridgehead atoms. The number of aliphatic hydroxyl groups excluding tert-OH is 1. The maximum absolute atomic E-state index is 12.9. The molecule has 0 atom stereocenters. The molecule has 0 spiro atoms. The fourth-order valence-corrected chi connectivity index (χ4v) is 3.85. The van der Waals surface area contributed by atoms with Gasteiger partial charge in [0.1, 0.15) is 0 Å². The molecule has 4 nitrogen and oxygen atoms in total. The van der Waals surface area contributed by atoms with Crippen LogP contribution in [-0.2, 0) is 6.61 Å². The Kier molecular flexibility index (Phi) is 4.61. The molecule has 0 aliphatic heterocycles. The van der Waals surface area contributed by atoms with Crippen LogP contribution in [0, 0.1) is 0 Å². The summed E-state index contributed by atoms with van der Waals surface area (Å²) in [5, 5.41) is 14.4. The highest BCUT2D eigenvalue weighted by molar-refractivity contribution is 7.24. The van der Waals surface area contributed by atoms with Crippen LogP contribution in [0.4, 0.5) is 5.69 Å². The second-order valence-corrected chi connectivity index (χ2v) is 6.84. The minimum absolute atomic E-state index is 0.0250. The molecule has 0 saturated heterocycles. The Labute approximate surface area is 139 Å². The van der Waals surface area contributed by atoms with Crippen LogP contribution in [0.1, 0.15) is 5.56 Å². The highest BCUT2D eigenvalue weighted by atomic mass is 32.1. The van der Waals surface area contributed by atoms with Crippen molar-refractivity contribution >= 4 is 37.2 Å². The number of nitrogens with one attached hydrogen (secondary N) is 1. The lowest BCUT2D eigenvalue weighted by Gasteiger charge is -2.14. The van der Waals surface area contributed by atoms with Crippen molar-refractivity contribution in [3.8, 4) is 0 Å². The van der Waals surface area contributed by atoms with E-state index in [2.05, 4.69) is 10.2 Å². The van der Waals surface area contributed by atoms with Crippen molar-refractivity contribution in [3.05, 3.63) is 52.2 Å². The van der Waals surface area contributed by atoms with E-state index in [1.54, 1.807) is 11.3 Å². The van der Waals surface area contributed by atoms with Crippen molar-refractivity contribution in [2.75, 3.05) is 32.5 Å². The van der Waals surface area contributed by atoms with Gasteiger partial charge >= 0.3 is 0 Å². The molecule has 23 heavy (non-hydrogen) atoms. The van der Waals surface area contributed by atoms with Gasteiger partial charge in [-0.3, -0.25) is 4.79 Å². The maximum Gasteiger partial charge on any atom is 0.197 e. The first kappa shape index (κ1) is 15.9. The Morgan fingerprint density at radius 1 is 1.17 bits per heavy atom. The number of rotatable bonds is 5. The van der Waals surface area contributed by atoms with Crippen LogP contribution < -0.4 is 10.7 Å². The summed E-state index contributed by atoms with van der Waals surface area (Å²) in [5.41, 5.74) is 1.66. The van der Waals surface area contributed by atoms with Crippen LogP contribution in [0.5, 0.6) is 0 Å². The molecule has 0 aliphatic rings. The molecule has 1 heterocycles. The zero-order chi connectivity index (χ0) is 16.4. The topological polar surface area (TPSA) is 52.6 Å². The van der Waals surface area contributed by atoms with E-state index in [1.165, 1.54) is 0 Å². The molecule has 3 aromatic rings. The predicted molar refractivity (Wildman–Crippen MR) is 98.6 cm³/mol. The average molecular weight is 328 g/mol. The van der Waals surface area contributed by atoms with Crippen LogP contribution in [-0.4, -0.2) is 37.2 Å². The van der Waals surface area contributed by atoms with Gasteiger partial charge in [-0.05, 0) is 37.9 Å². The molecular formula is C18H20N2O2S. The minimum Gasteiger partial charge on any atom is -0.392 e. The number of nitrogens with zero attached hydrogens (tertiary/aromatic N) is 1. The highest BCUT2D eigenvalue weighted by Crippen LogP contribution is 2.31. The average Bonchev–Trinajstić information content (AvgIpc) is 2.54. The Morgan fingerprint density at radius 2 is 1.96 bits per heavy atom. The molecule has 0 unspecified atom stereocenters. The van der Waals surface area contributed by atoms with Gasteiger partial charge in [0.2, 0.25) is 0 Å². The molecule has 0 saturated carbocycles. The number of aliphatic hydroxyl groups is 1. The summed E-state index contributed by atoms with van der Waals surface area (Å²) in [7, 11) is 4.03. The normalized spacial score (nSPS) is 11.5. The van der Waals surface area contributed by atoms with Crippen LogP contribution in [0.2, 0.25) is 0 Å². The van der Waals surface area contributed by atoms with E-state index in [1.807, 2.05) is 50.5 Å². The van der Waals surface area contributed by atoms with Crippen LogP contribution >= 0.6 is 11.3 Å². The van der Waals surface area contributed by atoms with Gasteiger partial charge in [-0.1, -0.05) is 18.2 Å². The third kappa shape index (κ3) is 3.08. The van der Waals surface area contributed by atoms with Crippen molar-refractivity contribution in [1.29, 1.82) is 0 Å². The second-order valence-electron chi connectivity index (χ2n) is 5.79. The Balaban J connectivity index is 2.21.